The maximum atomic E-state index is 12.6. The van der Waals surface area contributed by atoms with Gasteiger partial charge in [-0.25, -0.2) is 4.79 Å². The molecule has 0 amide bonds. The van der Waals surface area contributed by atoms with Crippen molar-refractivity contribution < 1.29 is 18.8 Å². The van der Waals surface area contributed by atoms with E-state index in [1.54, 1.807) is 6.92 Å². The lowest BCUT2D eigenvalue weighted by Crippen LogP contribution is -2.15. The molecule has 2 aromatic carbocycles. The van der Waals surface area contributed by atoms with Gasteiger partial charge in [-0.15, -0.1) is 0 Å². The van der Waals surface area contributed by atoms with Crippen LogP contribution in [0.5, 0.6) is 5.75 Å². The third-order valence-corrected chi connectivity index (χ3v) is 4.35. The van der Waals surface area contributed by atoms with E-state index in [0.29, 0.717) is 23.6 Å². The molecule has 0 aliphatic carbocycles. The van der Waals surface area contributed by atoms with Crippen molar-refractivity contribution in [2.75, 3.05) is 33.9 Å². The Kier molecular flexibility index (Phi) is 7.03. The number of carbonyl (C=O) groups is 1. The molecule has 0 atom stereocenters. The van der Waals surface area contributed by atoms with Gasteiger partial charge in [0.2, 0.25) is 0 Å². The number of benzene rings is 2. The molecule has 0 saturated carbocycles. The summed E-state index contributed by atoms with van der Waals surface area (Å²) in [6.07, 6.45) is 0.950. The second-order valence-corrected chi connectivity index (χ2v) is 6.85. The molecule has 1 aromatic heterocycles. The van der Waals surface area contributed by atoms with Gasteiger partial charge < -0.3 is 18.9 Å². The summed E-state index contributed by atoms with van der Waals surface area (Å²) < 4.78 is 16.6. The number of rotatable bonds is 9. The van der Waals surface area contributed by atoms with Gasteiger partial charge in [0.15, 0.2) is 5.76 Å². The smallest absolute Gasteiger partial charge is 0.344 e. The van der Waals surface area contributed by atoms with Crippen molar-refractivity contribution in [3.8, 4) is 28.3 Å². The van der Waals surface area contributed by atoms with Crippen molar-refractivity contribution in [2.45, 2.75) is 13.3 Å². The first-order valence-electron chi connectivity index (χ1n) is 9.70. The van der Waals surface area contributed by atoms with Crippen LogP contribution in [0.1, 0.15) is 23.7 Å². The van der Waals surface area contributed by atoms with Crippen molar-refractivity contribution >= 4 is 5.97 Å². The fourth-order valence-electron chi connectivity index (χ4n) is 2.95. The van der Waals surface area contributed by atoms with Crippen LogP contribution in [-0.2, 0) is 4.74 Å². The predicted octanol–water partition coefficient (Wildman–Crippen LogP) is 4.52. The third kappa shape index (κ3) is 5.23. The van der Waals surface area contributed by atoms with Crippen molar-refractivity contribution in [1.82, 2.24) is 10.1 Å². The minimum absolute atomic E-state index is 0.275. The van der Waals surface area contributed by atoms with E-state index in [1.807, 2.05) is 68.7 Å². The van der Waals surface area contributed by atoms with Gasteiger partial charge in [-0.1, -0.05) is 35.5 Å². The molecule has 0 saturated heterocycles. The maximum absolute atomic E-state index is 12.6. The zero-order chi connectivity index (χ0) is 20.6. The van der Waals surface area contributed by atoms with Crippen LogP contribution < -0.4 is 4.74 Å². The zero-order valence-corrected chi connectivity index (χ0v) is 17.1. The van der Waals surface area contributed by atoms with Crippen LogP contribution in [-0.4, -0.2) is 49.9 Å². The highest BCUT2D eigenvalue weighted by atomic mass is 16.5. The van der Waals surface area contributed by atoms with E-state index in [2.05, 4.69) is 10.1 Å². The van der Waals surface area contributed by atoms with Crippen LogP contribution in [0.3, 0.4) is 0 Å². The average Bonchev–Trinajstić information content (AvgIpc) is 3.18. The maximum Gasteiger partial charge on any atom is 0.344 e. The molecular formula is C23H26N2O4. The first-order chi connectivity index (χ1) is 14.1. The van der Waals surface area contributed by atoms with Crippen molar-refractivity contribution in [3.63, 3.8) is 0 Å². The summed E-state index contributed by atoms with van der Waals surface area (Å²) in [5, 5.41) is 4.17. The quantitative estimate of drug-likeness (QED) is 0.393. The van der Waals surface area contributed by atoms with Crippen molar-refractivity contribution in [2.24, 2.45) is 0 Å². The molecule has 0 N–H and O–H groups in total. The van der Waals surface area contributed by atoms with Crippen molar-refractivity contribution in [3.05, 3.63) is 60.2 Å². The highest BCUT2D eigenvalue weighted by Gasteiger charge is 2.26. The minimum atomic E-state index is -0.452. The SMILES string of the molecule is CCOC(=O)c1c(-c2ccc(OCCCN(C)C)cc2)noc1-c1ccccc1. The summed E-state index contributed by atoms with van der Waals surface area (Å²) in [5.41, 5.74) is 2.33. The molecule has 1 heterocycles. The van der Waals surface area contributed by atoms with Gasteiger partial charge in [0.25, 0.3) is 0 Å². The highest BCUT2D eigenvalue weighted by Crippen LogP contribution is 2.33. The van der Waals surface area contributed by atoms with Gasteiger partial charge in [-0.05, 0) is 51.7 Å². The molecule has 152 valence electrons. The van der Waals surface area contributed by atoms with E-state index in [1.165, 1.54) is 0 Å². The van der Waals surface area contributed by atoms with E-state index >= 15 is 0 Å². The first kappa shape index (κ1) is 20.6. The largest absolute Gasteiger partial charge is 0.494 e. The molecule has 0 aliphatic rings. The van der Waals surface area contributed by atoms with E-state index in [9.17, 15) is 4.79 Å². The second-order valence-electron chi connectivity index (χ2n) is 6.85. The Bertz CT molecular complexity index is 918. The summed E-state index contributed by atoms with van der Waals surface area (Å²) in [6, 6.07) is 16.9. The highest BCUT2D eigenvalue weighted by molar-refractivity contribution is 6.01. The number of nitrogens with zero attached hydrogens (tertiary/aromatic N) is 2. The Hall–Kier alpha value is -3.12. The van der Waals surface area contributed by atoms with Gasteiger partial charge in [0, 0.05) is 17.7 Å². The van der Waals surface area contributed by atoms with E-state index < -0.39 is 5.97 Å². The normalized spacial score (nSPS) is 10.9. The Balaban J connectivity index is 1.84. The topological polar surface area (TPSA) is 64.8 Å². The lowest BCUT2D eigenvalue weighted by atomic mass is 10.0. The number of aromatic nitrogens is 1. The molecule has 3 aromatic rings. The number of ether oxygens (including phenoxy) is 2. The van der Waals surface area contributed by atoms with E-state index in [-0.39, 0.29) is 6.61 Å². The number of esters is 1. The predicted molar refractivity (Wildman–Crippen MR) is 112 cm³/mol. The molecule has 6 heteroatoms. The van der Waals surface area contributed by atoms with Crippen LogP contribution in [0.4, 0.5) is 0 Å². The average molecular weight is 394 g/mol. The molecule has 6 nitrogen and oxygen atoms in total. The first-order valence-corrected chi connectivity index (χ1v) is 9.70. The van der Waals surface area contributed by atoms with Gasteiger partial charge in [-0.3, -0.25) is 0 Å². The molecule has 0 aliphatic heterocycles. The monoisotopic (exact) mass is 394 g/mol. The number of carbonyl (C=O) groups excluding carboxylic acids is 1. The standard InChI is InChI=1S/C23H26N2O4/c1-4-27-23(26)20-21(24-29-22(20)18-9-6-5-7-10-18)17-11-13-19(14-12-17)28-16-8-15-25(2)3/h5-7,9-14H,4,8,15-16H2,1-3H3. The summed E-state index contributed by atoms with van der Waals surface area (Å²) in [6.45, 7) is 3.67. The summed E-state index contributed by atoms with van der Waals surface area (Å²) in [4.78, 5) is 14.8. The van der Waals surface area contributed by atoms with Gasteiger partial charge in [-0.2, -0.15) is 0 Å². The molecule has 0 fully saturated rings. The molecule has 3 rings (SSSR count). The molecule has 0 unspecified atom stereocenters. The summed E-state index contributed by atoms with van der Waals surface area (Å²) >= 11 is 0. The Morgan fingerprint density at radius 1 is 1.03 bits per heavy atom. The Labute approximate surface area is 171 Å². The fourth-order valence-corrected chi connectivity index (χ4v) is 2.95. The second kappa shape index (κ2) is 9.89. The molecule has 29 heavy (non-hydrogen) atoms. The number of hydrogen-bond acceptors (Lipinski definition) is 6. The molecule has 0 radical (unpaired) electrons. The summed E-state index contributed by atoms with van der Waals surface area (Å²) in [7, 11) is 4.08. The fraction of sp³-hybridized carbons (Fsp3) is 0.304. The van der Waals surface area contributed by atoms with Crippen LogP contribution >= 0.6 is 0 Å². The van der Waals surface area contributed by atoms with E-state index in [0.717, 1.165) is 29.8 Å². The van der Waals surface area contributed by atoms with Gasteiger partial charge in [0.1, 0.15) is 17.0 Å². The third-order valence-electron chi connectivity index (χ3n) is 4.35. The van der Waals surface area contributed by atoms with Crippen LogP contribution in [0, 0.1) is 0 Å². The van der Waals surface area contributed by atoms with E-state index in [4.69, 9.17) is 14.0 Å². The minimum Gasteiger partial charge on any atom is -0.494 e. The van der Waals surface area contributed by atoms with Crippen LogP contribution in [0.25, 0.3) is 22.6 Å². The van der Waals surface area contributed by atoms with Gasteiger partial charge in [0.05, 0.1) is 13.2 Å². The van der Waals surface area contributed by atoms with Crippen LogP contribution in [0.15, 0.2) is 59.1 Å². The zero-order valence-electron chi connectivity index (χ0n) is 17.1. The Morgan fingerprint density at radius 2 is 1.76 bits per heavy atom. The van der Waals surface area contributed by atoms with Gasteiger partial charge >= 0.3 is 5.97 Å². The lowest BCUT2D eigenvalue weighted by molar-refractivity contribution is 0.0527. The lowest BCUT2D eigenvalue weighted by Gasteiger charge is -2.10. The van der Waals surface area contributed by atoms with Crippen molar-refractivity contribution in [1.29, 1.82) is 0 Å². The summed E-state index contributed by atoms with van der Waals surface area (Å²) in [5.74, 6) is 0.728. The number of hydrogen-bond donors (Lipinski definition) is 0. The molecule has 0 spiro atoms. The molecular weight excluding hydrogens is 368 g/mol. The Morgan fingerprint density at radius 3 is 2.41 bits per heavy atom. The van der Waals surface area contributed by atoms with Crippen LogP contribution in [0.2, 0.25) is 0 Å². The molecule has 0 bridgehead atoms.